The average molecular weight is 512 g/mol. The molecule has 4 rings (SSSR count). The van der Waals surface area contributed by atoms with Crippen molar-refractivity contribution < 1.29 is 23.6 Å². The number of benzene rings is 1. The van der Waals surface area contributed by atoms with Gasteiger partial charge in [-0.15, -0.1) is 0 Å². The molecule has 1 aromatic carbocycles. The Balaban J connectivity index is 1.45. The number of carbonyl (C=O) groups is 2. The van der Waals surface area contributed by atoms with E-state index in [1.807, 2.05) is 39.7 Å². The smallest absolute Gasteiger partial charge is 0.348 e. The minimum Gasteiger partial charge on any atom is -0.459 e. The Morgan fingerprint density at radius 2 is 1.41 bits per heavy atom. The van der Waals surface area contributed by atoms with Crippen LogP contribution in [-0.4, -0.2) is 28.7 Å². The number of fused-ring (bicyclic) bond motifs is 1. The third-order valence-corrected chi connectivity index (χ3v) is 8.87. The highest BCUT2D eigenvalue weighted by molar-refractivity contribution is 5.76. The Kier molecular flexibility index (Phi) is 8.97. The minimum absolute atomic E-state index is 0.0213. The van der Waals surface area contributed by atoms with Crippen molar-refractivity contribution in [2.45, 2.75) is 105 Å². The number of aromatic nitrogens is 2. The zero-order valence-corrected chi connectivity index (χ0v) is 23.7. The van der Waals surface area contributed by atoms with E-state index >= 15 is 0 Å². The first kappa shape index (κ1) is 27.7. The molecule has 1 aromatic heterocycles. The molecular formula is C31H47N2O4+. The summed E-state index contributed by atoms with van der Waals surface area (Å²) < 4.78 is 15.9. The molecule has 0 spiro atoms. The number of para-hydroxylation sites is 2. The van der Waals surface area contributed by atoms with Crippen molar-refractivity contribution in [3.8, 4) is 0 Å². The van der Waals surface area contributed by atoms with Gasteiger partial charge in [-0.3, -0.25) is 0 Å². The molecule has 0 aliphatic heterocycles. The first-order chi connectivity index (χ1) is 17.6. The molecule has 2 aromatic rings. The zero-order chi connectivity index (χ0) is 26.7. The summed E-state index contributed by atoms with van der Waals surface area (Å²) in [5.41, 5.74) is 1.83. The molecule has 0 unspecified atom stereocenters. The molecular weight excluding hydrogens is 464 g/mol. The second kappa shape index (κ2) is 12.0. The van der Waals surface area contributed by atoms with Gasteiger partial charge >= 0.3 is 11.9 Å². The number of ether oxygens (including phenoxy) is 2. The van der Waals surface area contributed by atoms with Gasteiger partial charge in [-0.2, -0.15) is 0 Å². The molecule has 6 atom stereocenters. The molecule has 6 nitrogen and oxygen atoms in total. The van der Waals surface area contributed by atoms with Crippen molar-refractivity contribution in [1.82, 2.24) is 4.57 Å². The quantitative estimate of drug-likeness (QED) is 0.325. The first-order valence-corrected chi connectivity index (χ1v) is 14.5. The Bertz CT molecular complexity index is 992. The van der Waals surface area contributed by atoms with Crippen LogP contribution in [0.5, 0.6) is 0 Å². The summed E-state index contributed by atoms with van der Waals surface area (Å²) in [6, 6.07) is 7.89. The summed E-state index contributed by atoms with van der Waals surface area (Å²) in [5, 5.41) is 0. The predicted octanol–water partition coefficient (Wildman–Crippen LogP) is 5.94. The Labute approximate surface area is 222 Å². The largest absolute Gasteiger partial charge is 0.459 e. The second-order valence-electron chi connectivity index (χ2n) is 12.6. The van der Waals surface area contributed by atoms with Crippen LogP contribution in [0.2, 0.25) is 0 Å². The summed E-state index contributed by atoms with van der Waals surface area (Å²) >= 11 is 0. The van der Waals surface area contributed by atoms with Gasteiger partial charge in [0.15, 0.2) is 24.1 Å². The number of hydrogen-bond donors (Lipinski definition) is 0. The van der Waals surface area contributed by atoms with Gasteiger partial charge in [0.2, 0.25) is 6.33 Å². The molecule has 37 heavy (non-hydrogen) atoms. The van der Waals surface area contributed by atoms with E-state index < -0.39 is 0 Å². The zero-order valence-electron chi connectivity index (χ0n) is 23.7. The minimum atomic E-state index is -0.212. The van der Waals surface area contributed by atoms with Crippen LogP contribution in [0.3, 0.4) is 0 Å². The fourth-order valence-electron chi connectivity index (χ4n) is 6.69. The number of rotatable bonds is 8. The number of nitrogens with zero attached hydrogens (tertiary/aromatic N) is 2. The number of carbonyl (C=O) groups excluding carboxylic acids is 2. The van der Waals surface area contributed by atoms with E-state index in [9.17, 15) is 9.59 Å². The summed E-state index contributed by atoms with van der Waals surface area (Å²) in [5.74, 6) is 2.55. The van der Waals surface area contributed by atoms with Gasteiger partial charge in [0.1, 0.15) is 12.2 Å². The molecule has 1 heterocycles. The van der Waals surface area contributed by atoms with Crippen LogP contribution in [-0.2, 0) is 32.2 Å². The van der Waals surface area contributed by atoms with E-state index in [-0.39, 0.29) is 37.2 Å². The standard InChI is InChI=1S/C31H47N2O4/c1-20(2)24-13-11-22(5)15-28(24)36-30(34)17-32-19-33(27-10-8-7-9-26(27)32)18-31(35)37-29-16-23(6)12-14-25(29)21(3)4/h7-10,19-25,28-29H,11-18H2,1-6H3/q+1/t22-,23+,24-,25-,28+,29-/m1/s1. The fraction of sp³-hybridized carbons (Fsp3) is 0.710. The van der Waals surface area contributed by atoms with Gasteiger partial charge in [-0.25, -0.2) is 18.7 Å². The maximum absolute atomic E-state index is 13.1. The number of imidazole rings is 1. The van der Waals surface area contributed by atoms with Crippen molar-refractivity contribution in [3.63, 3.8) is 0 Å². The summed E-state index contributed by atoms with van der Waals surface area (Å²) in [4.78, 5) is 26.2. The van der Waals surface area contributed by atoms with Crippen LogP contribution in [0.25, 0.3) is 11.0 Å². The number of esters is 2. The van der Waals surface area contributed by atoms with E-state index in [4.69, 9.17) is 9.47 Å². The molecule has 6 heteroatoms. The van der Waals surface area contributed by atoms with Crippen LogP contribution in [0.4, 0.5) is 0 Å². The highest BCUT2D eigenvalue weighted by Crippen LogP contribution is 2.36. The molecule has 2 aliphatic rings. The van der Waals surface area contributed by atoms with Crippen molar-refractivity contribution in [1.29, 1.82) is 0 Å². The fourth-order valence-corrected chi connectivity index (χ4v) is 6.69. The molecule has 0 radical (unpaired) electrons. The lowest BCUT2D eigenvalue weighted by Crippen LogP contribution is -2.42. The summed E-state index contributed by atoms with van der Waals surface area (Å²) in [6.45, 7) is 13.6. The van der Waals surface area contributed by atoms with Gasteiger partial charge in [0.05, 0.1) is 0 Å². The summed E-state index contributed by atoms with van der Waals surface area (Å²) in [7, 11) is 0. The van der Waals surface area contributed by atoms with Crippen molar-refractivity contribution in [2.24, 2.45) is 35.5 Å². The lowest BCUT2D eigenvalue weighted by molar-refractivity contribution is -0.661. The summed E-state index contributed by atoms with van der Waals surface area (Å²) in [6.07, 6.45) is 8.32. The van der Waals surface area contributed by atoms with Crippen LogP contribution < -0.4 is 4.57 Å². The van der Waals surface area contributed by atoms with Crippen LogP contribution in [0.1, 0.15) is 80.1 Å². The van der Waals surface area contributed by atoms with E-state index in [0.717, 1.165) is 36.7 Å². The van der Waals surface area contributed by atoms with Crippen LogP contribution in [0, 0.1) is 35.5 Å². The van der Waals surface area contributed by atoms with Crippen molar-refractivity contribution >= 4 is 23.0 Å². The van der Waals surface area contributed by atoms with Gasteiger partial charge in [0, 0.05) is 0 Å². The van der Waals surface area contributed by atoms with Gasteiger partial charge in [0.25, 0.3) is 0 Å². The van der Waals surface area contributed by atoms with Crippen LogP contribution in [0.15, 0.2) is 30.6 Å². The molecule has 0 saturated heterocycles. The van der Waals surface area contributed by atoms with Gasteiger partial charge < -0.3 is 9.47 Å². The highest BCUT2D eigenvalue weighted by atomic mass is 16.5. The Morgan fingerprint density at radius 3 is 1.97 bits per heavy atom. The Morgan fingerprint density at radius 1 is 0.865 bits per heavy atom. The molecule has 2 saturated carbocycles. The van der Waals surface area contributed by atoms with Gasteiger partial charge in [-0.1, -0.05) is 66.5 Å². The highest BCUT2D eigenvalue weighted by Gasteiger charge is 2.35. The van der Waals surface area contributed by atoms with E-state index in [1.165, 1.54) is 12.8 Å². The Hall–Kier alpha value is -2.37. The second-order valence-corrected chi connectivity index (χ2v) is 12.6. The van der Waals surface area contributed by atoms with E-state index in [2.05, 4.69) is 41.5 Å². The normalized spacial score (nSPS) is 28.5. The van der Waals surface area contributed by atoms with Crippen molar-refractivity contribution in [2.75, 3.05) is 0 Å². The van der Waals surface area contributed by atoms with E-state index in [1.54, 1.807) is 0 Å². The lowest BCUT2D eigenvalue weighted by atomic mass is 9.75. The molecule has 0 bridgehead atoms. The first-order valence-electron chi connectivity index (χ1n) is 14.5. The average Bonchev–Trinajstić information content (AvgIpc) is 3.15. The third kappa shape index (κ3) is 6.74. The maximum atomic E-state index is 13.1. The molecule has 2 fully saturated rings. The molecule has 2 aliphatic carbocycles. The predicted molar refractivity (Wildman–Crippen MR) is 145 cm³/mol. The molecule has 0 N–H and O–H groups in total. The number of hydrogen-bond acceptors (Lipinski definition) is 4. The topological polar surface area (TPSA) is 61.4 Å². The van der Waals surface area contributed by atoms with Crippen molar-refractivity contribution in [3.05, 3.63) is 30.6 Å². The molecule has 204 valence electrons. The van der Waals surface area contributed by atoms with Crippen LogP contribution >= 0.6 is 0 Å². The third-order valence-electron chi connectivity index (χ3n) is 8.87. The van der Waals surface area contributed by atoms with E-state index in [0.29, 0.717) is 35.5 Å². The molecule has 0 amide bonds. The SMILES string of the molecule is CC(C)[C@H]1CC[C@@H](C)C[C@@H]1OC(=O)Cn1c[n+](CC(=O)O[C@@H]2C[C@@H](C)CC[C@@H]2C(C)C)c2ccccc21. The maximum Gasteiger partial charge on any atom is 0.348 e. The van der Waals surface area contributed by atoms with Gasteiger partial charge in [-0.05, 0) is 73.3 Å². The monoisotopic (exact) mass is 511 g/mol. The lowest BCUT2D eigenvalue weighted by Gasteiger charge is -2.36.